The van der Waals surface area contributed by atoms with Crippen LogP contribution in [0, 0.1) is 12.7 Å². The second-order valence-corrected chi connectivity index (χ2v) is 4.34. The van der Waals surface area contributed by atoms with Crippen LogP contribution in [-0.2, 0) is 0 Å². The summed E-state index contributed by atoms with van der Waals surface area (Å²) in [4.78, 5) is 10.8. The van der Waals surface area contributed by atoms with Gasteiger partial charge in [-0.25, -0.2) is 9.18 Å². The van der Waals surface area contributed by atoms with Gasteiger partial charge in [0, 0.05) is 10.6 Å². The number of hydrogen-bond donors (Lipinski definition) is 1. The fourth-order valence-electron chi connectivity index (χ4n) is 1.82. The van der Waals surface area contributed by atoms with Crippen LogP contribution in [0.25, 0.3) is 11.1 Å². The van der Waals surface area contributed by atoms with Gasteiger partial charge in [-0.15, -0.1) is 0 Å². The minimum Gasteiger partial charge on any atom is -0.478 e. The first-order chi connectivity index (χ1) is 8.50. The molecule has 0 saturated carbocycles. The molecule has 0 heterocycles. The fourth-order valence-corrected chi connectivity index (χ4v) is 2.05. The van der Waals surface area contributed by atoms with E-state index in [0.717, 1.165) is 0 Å². The number of halogens is 2. The number of benzene rings is 2. The quantitative estimate of drug-likeness (QED) is 0.885. The van der Waals surface area contributed by atoms with E-state index in [0.29, 0.717) is 21.7 Å². The smallest absolute Gasteiger partial charge is 0.338 e. The number of carbonyl (C=O) groups is 1. The molecular formula is C14H10ClFO2. The molecule has 2 aromatic rings. The van der Waals surface area contributed by atoms with Crippen molar-refractivity contribution in [2.24, 2.45) is 0 Å². The Labute approximate surface area is 109 Å². The number of aromatic carboxylic acids is 1. The van der Waals surface area contributed by atoms with Crippen molar-refractivity contribution in [1.29, 1.82) is 0 Å². The predicted molar refractivity (Wildman–Crippen MR) is 68.5 cm³/mol. The zero-order chi connectivity index (χ0) is 13.3. The highest BCUT2D eigenvalue weighted by Gasteiger charge is 2.15. The van der Waals surface area contributed by atoms with Gasteiger partial charge >= 0.3 is 5.97 Å². The van der Waals surface area contributed by atoms with E-state index in [2.05, 4.69) is 0 Å². The molecule has 0 bridgehead atoms. The van der Waals surface area contributed by atoms with Crippen LogP contribution in [0.5, 0.6) is 0 Å². The van der Waals surface area contributed by atoms with Crippen molar-refractivity contribution in [1.82, 2.24) is 0 Å². The Balaban J connectivity index is 2.64. The zero-order valence-corrected chi connectivity index (χ0v) is 10.3. The molecule has 0 aromatic heterocycles. The summed E-state index contributed by atoms with van der Waals surface area (Å²) in [7, 11) is 0. The van der Waals surface area contributed by atoms with Crippen LogP contribution in [0.3, 0.4) is 0 Å². The van der Waals surface area contributed by atoms with Gasteiger partial charge in [0.1, 0.15) is 5.82 Å². The molecule has 2 rings (SSSR count). The van der Waals surface area contributed by atoms with E-state index in [1.807, 2.05) is 0 Å². The number of carboxylic acid groups (broad SMARTS) is 1. The summed E-state index contributed by atoms with van der Waals surface area (Å²) >= 11 is 6.05. The summed E-state index contributed by atoms with van der Waals surface area (Å²) < 4.78 is 13.7. The minimum atomic E-state index is -1.28. The van der Waals surface area contributed by atoms with Crippen LogP contribution in [0.1, 0.15) is 15.9 Å². The van der Waals surface area contributed by atoms with Gasteiger partial charge < -0.3 is 5.11 Å². The van der Waals surface area contributed by atoms with Crippen LogP contribution in [-0.4, -0.2) is 11.1 Å². The standard InChI is InChI=1S/C14H10ClFO2/c1-8-6-11(14(17)18)13(16)7-10(8)9-4-2-3-5-12(9)15/h2-7H,1H3,(H,17,18). The third-order valence-corrected chi connectivity index (χ3v) is 3.04. The van der Waals surface area contributed by atoms with Crippen molar-refractivity contribution in [3.63, 3.8) is 0 Å². The molecule has 0 aliphatic rings. The summed E-state index contributed by atoms with van der Waals surface area (Å²) in [6.45, 7) is 1.73. The van der Waals surface area contributed by atoms with Crippen molar-refractivity contribution in [3.05, 3.63) is 58.4 Å². The minimum absolute atomic E-state index is 0.330. The third-order valence-electron chi connectivity index (χ3n) is 2.71. The van der Waals surface area contributed by atoms with Gasteiger partial charge in [0.25, 0.3) is 0 Å². The van der Waals surface area contributed by atoms with Gasteiger partial charge in [0.2, 0.25) is 0 Å². The van der Waals surface area contributed by atoms with Gasteiger partial charge in [0.05, 0.1) is 5.56 Å². The monoisotopic (exact) mass is 264 g/mol. The van der Waals surface area contributed by atoms with E-state index >= 15 is 0 Å². The molecule has 1 N–H and O–H groups in total. The van der Waals surface area contributed by atoms with Gasteiger partial charge in [-0.1, -0.05) is 29.8 Å². The highest BCUT2D eigenvalue weighted by molar-refractivity contribution is 6.33. The van der Waals surface area contributed by atoms with Crippen LogP contribution >= 0.6 is 11.6 Å². The van der Waals surface area contributed by atoms with Crippen molar-refractivity contribution in [3.8, 4) is 11.1 Å². The molecule has 2 aromatic carbocycles. The van der Waals surface area contributed by atoms with Gasteiger partial charge in [0.15, 0.2) is 0 Å². The van der Waals surface area contributed by atoms with Crippen molar-refractivity contribution < 1.29 is 14.3 Å². The Morgan fingerprint density at radius 3 is 2.50 bits per heavy atom. The topological polar surface area (TPSA) is 37.3 Å². The van der Waals surface area contributed by atoms with E-state index in [-0.39, 0.29) is 5.56 Å². The number of carboxylic acids is 1. The van der Waals surface area contributed by atoms with E-state index in [9.17, 15) is 9.18 Å². The fraction of sp³-hybridized carbons (Fsp3) is 0.0714. The molecule has 0 saturated heterocycles. The maximum atomic E-state index is 13.7. The molecule has 92 valence electrons. The molecule has 18 heavy (non-hydrogen) atoms. The molecule has 0 spiro atoms. The Morgan fingerprint density at radius 1 is 1.22 bits per heavy atom. The average Bonchev–Trinajstić information content (AvgIpc) is 2.32. The summed E-state index contributed by atoms with van der Waals surface area (Å²) in [5.41, 5.74) is 1.63. The summed E-state index contributed by atoms with van der Waals surface area (Å²) in [6, 6.07) is 9.58. The number of rotatable bonds is 2. The lowest BCUT2D eigenvalue weighted by molar-refractivity contribution is 0.0692. The first kappa shape index (κ1) is 12.6. The first-order valence-electron chi connectivity index (χ1n) is 5.29. The van der Waals surface area contributed by atoms with Gasteiger partial charge in [-0.05, 0) is 36.2 Å². The Hall–Kier alpha value is -1.87. The summed E-state index contributed by atoms with van der Waals surface area (Å²) in [5.74, 6) is -2.04. The first-order valence-corrected chi connectivity index (χ1v) is 5.67. The summed E-state index contributed by atoms with van der Waals surface area (Å²) in [5, 5.41) is 9.34. The molecule has 2 nitrogen and oxygen atoms in total. The molecule has 0 unspecified atom stereocenters. The van der Waals surface area contributed by atoms with E-state index < -0.39 is 11.8 Å². The lowest BCUT2D eigenvalue weighted by Crippen LogP contribution is -2.02. The third kappa shape index (κ3) is 2.22. The molecule has 0 aliphatic carbocycles. The van der Waals surface area contributed by atoms with Crippen molar-refractivity contribution in [2.45, 2.75) is 6.92 Å². The van der Waals surface area contributed by atoms with E-state index in [1.165, 1.54) is 12.1 Å². The molecule has 0 radical (unpaired) electrons. The largest absolute Gasteiger partial charge is 0.478 e. The highest BCUT2D eigenvalue weighted by atomic mass is 35.5. The van der Waals surface area contributed by atoms with Crippen LogP contribution in [0.4, 0.5) is 4.39 Å². The second kappa shape index (κ2) is 4.78. The number of hydrogen-bond acceptors (Lipinski definition) is 1. The zero-order valence-electron chi connectivity index (χ0n) is 9.58. The van der Waals surface area contributed by atoms with Crippen molar-refractivity contribution in [2.75, 3.05) is 0 Å². The van der Waals surface area contributed by atoms with Crippen LogP contribution in [0.15, 0.2) is 36.4 Å². The SMILES string of the molecule is Cc1cc(C(=O)O)c(F)cc1-c1ccccc1Cl. The molecule has 0 aliphatic heterocycles. The maximum absolute atomic E-state index is 13.7. The highest BCUT2D eigenvalue weighted by Crippen LogP contribution is 2.31. The molecule has 0 fully saturated rings. The molecule has 4 heteroatoms. The Bertz CT molecular complexity index is 623. The molecule has 0 atom stereocenters. The lowest BCUT2D eigenvalue weighted by Gasteiger charge is -2.09. The number of aryl methyl sites for hydroxylation is 1. The lowest BCUT2D eigenvalue weighted by atomic mass is 9.98. The van der Waals surface area contributed by atoms with E-state index in [1.54, 1.807) is 31.2 Å². The van der Waals surface area contributed by atoms with E-state index in [4.69, 9.17) is 16.7 Å². The predicted octanol–water partition coefficient (Wildman–Crippen LogP) is 4.15. The molecule has 0 amide bonds. The Morgan fingerprint density at radius 2 is 1.89 bits per heavy atom. The van der Waals surface area contributed by atoms with Gasteiger partial charge in [-0.2, -0.15) is 0 Å². The maximum Gasteiger partial charge on any atom is 0.338 e. The van der Waals surface area contributed by atoms with Crippen LogP contribution < -0.4 is 0 Å². The van der Waals surface area contributed by atoms with Crippen LogP contribution in [0.2, 0.25) is 5.02 Å². The average molecular weight is 265 g/mol. The van der Waals surface area contributed by atoms with Crippen molar-refractivity contribution >= 4 is 17.6 Å². The normalized spacial score (nSPS) is 10.4. The second-order valence-electron chi connectivity index (χ2n) is 3.93. The van der Waals surface area contributed by atoms with Gasteiger partial charge in [-0.3, -0.25) is 0 Å². The Kier molecular flexibility index (Phi) is 3.34. The summed E-state index contributed by atoms with van der Waals surface area (Å²) in [6.07, 6.45) is 0. The molecular weight excluding hydrogens is 255 g/mol.